The van der Waals surface area contributed by atoms with E-state index in [-0.39, 0.29) is 5.91 Å². The maximum Gasteiger partial charge on any atom is 0.226 e. The van der Waals surface area contributed by atoms with Gasteiger partial charge in [-0.1, -0.05) is 5.16 Å². The van der Waals surface area contributed by atoms with Crippen LogP contribution in [-0.4, -0.2) is 44.2 Å². The van der Waals surface area contributed by atoms with Crippen LogP contribution >= 0.6 is 0 Å². The van der Waals surface area contributed by atoms with Crippen molar-refractivity contribution < 1.29 is 9.32 Å². The van der Waals surface area contributed by atoms with Gasteiger partial charge in [0.25, 0.3) is 0 Å². The van der Waals surface area contributed by atoms with E-state index in [2.05, 4.69) is 26.4 Å². The van der Waals surface area contributed by atoms with Crippen LogP contribution in [0, 0.1) is 6.92 Å². The van der Waals surface area contributed by atoms with Crippen LogP contribution in [0.5, 0.6) is 0 Å². The first-order chi connectivity index (χ1) is 12.2. The van der Waals surface area contributed by atoms with E-state index in [1.807, 2.05) is 11.8 Å². The van der Waals surface area contributed by atoms with Crippen molar-refractivity contribution in [1.82, 2.24) is 25.2 Å². The van der Waals surface area contributed by atoms with Gasteiger partial charge >= 0.3 is 0 Å². The second-order valence-corrected chi connectivity index (χ2v) is 7.33. The van der Waals surface area contributed by atoms with Gasteiger partial charge in [-0.05, 0) is 45.1 Å². The fourth-order valence-electron chi connectivity index (χ4n) is 3.52. The van der Waals surface area contributed by atoms with Crippen LogP contribution in [0.1, 0.15) is 73.5 Å². The monoisotopic (exact) mass is 343 g/mol. The molecule has 0 aromatic carbocycles. The van der Waals surface area contributed by atoms with Crippen LogP contribution in [0.3, 0.4) is 0 Å². The molecular weight excluding hydrogens is 318 g/mol. The van der Waals surface area contributed by atoms with Crippen LogP contribution in [-0.2, 0) is 11.2 Å². The number of aryl methyl sites for hydroxylation is 2. The minimum Gasteiger partial charge on any atom is -0.342 e. The van der Waals surface area contributed by atoms with Gasteiger partial charge in [-0.15, -0.1) is 0 Å². The van der Waals surface area contributed by atoms with E-state index in [0.717, 1.165) is 49.6 Å². The molecule has 134 valence electrons. The molecule has 2 fully saturated rings. The predicted octanol–water partition coefficient (Wildman–Crippen LogP) is 2.71. The summed E-state index contributed by atoms with van der Waals surface area (Å²) in [5.74, 6) is 2.58. The number of aromatic amines is 1. The molecule has 1 saturated carbocycles. The van der Waals surface area contributed by atoms with Gasteiger partial charge < -0.3 is 9.42 Å². The summed E-state index contributed by atoms with van der Waals surface area (Å²) in [5, 5.41) is 11.4. The number of H-pyrrole nitrogens is 1. The molecule has 1 amide bonds. The minimum atomic E-state index is 0.221. The molecule has 0 bridgehead atoms. The van der Waals surface area contributed by atoms with Crippen LogP contribution < -0.4 is 0 Å². The average molecular weight is 343 g/mol. The summed E-state index contributed by atoms with van der Waals surface area (Å²) < 4.78 is 5.27. The third kappa shape index (κ3) is 3.91. The summed E-state index contributed by atoms with van der Waals surface area (Å²) in [6.45, 7) is 3.63. The highest BCUT2D eigenvalue weighted by Crippen LogP contribution is 2.38. The van der Waals surface area contributed by atoms with Crippen molar-refractivity contribution >= 4 is 5.91 Å². The lowest BCUT2D eigenvalue weighted by atomic mass is 9.94. The number of aromatic nitrogens is 4. The first kappa shape index (κ1) is 16.3. The summed E-state index contributed by atoms with van der Waals surface area (Å²) >= 11 is 0. The number of nitrogens with one attached hydrogen (secondary N) is 1. The molecule has 7 heteroatoms. The van der Waals surface area contributed by atoms with Gasteiger partial charge in [0.05, 0.1) is 5.69 Å². The Morgan fingerprint density at radius 3 is 3.00 bits per heavy atom. The van der Waals surface area contributed by atoms with Crippen molar-refractivity contribution in [3.05, 3.63) is 29.2 Å². The Morgan fingerprint density at radius 1 is 1.36 bits per heavy atom. The van der Waals surface area contributed by atoms with Gasteiger partial charge in [-0.2, -0.15) is 10.1 Å². The molecule has 2 aliphatic rings. The van der Waals surface area contributed by atoms with Crippen molar-refractivity contribution in [2.24, 2.45) is 0 Å². The van der Waals surface area contributed by atoms with Gasteiger partial charge in [0.2, 0.25) is 11.8 Å². The van der Waals surface area contributed by atoms with E-state index >= 15 is 0 Å². The second kappa shape index (κ2) is 6.98. The van der Waals surface area contributed by atoms with Crippen LogP contribution in [0.4, 0.5) is 0 Å². The normalized spacial score (nSPS) is 20.8. The van der Waals surface area contributed by atoms with E-state index in [1.54, 1.807) is 0 Å². The van der Waals surface area contributed by atoms with E-state index < -0.39 is 0 Å². The molecule has 1 atom stereocenters. The SMILES string of the molecule is Cc1cc([C@H]2CCCN(C(=O)CCCc3nc(C4CC4)no3)C2)n[nH]1. The third-order valence-electron chi connectivity index (χ3n) is 5.13. The zero-order valence-corrected chi connectivity index (χ0v) is 14.7. The molecule has 1 saturated heterocycles. The van der Waals surface area contributed by atoms with Gasteiger partial charge in [0, 0.05) is 43.5 Å². The van der Waals surface area contributed by atoms with Crippen LogP contribution in [0.2, 0.25) is 0 Å². The van der Waals surface area contributed by atoms with Gasteiger partial charge in [0.1, 0.15) is 0 Å². The molecule has 1 aliphatic carbocycles. The molecule has 2 aromatic heterocycles. The summed E-state index contributed by atoms with van der Waals surface area (Å²) in [6, 6.07) is 2.09. The van der Waals surface area contributed by atoms with E-state index in [0.29, 0.717) is 30.6 Å². The average Bonchev–Trinajstić information content (AvgIpc) is 3.21. The van der Waals surface area contributed by atoms with Crippen LogP contribution in [0.25, 0.3) is 0 Å². The highest BCUT2D eigenvalue weighted by atomic mass is 16.5. The van der Waals surface area contributed by atoms with Crippen LogP contribution in [0.15, 0.2) is 10.6 Å². The lowest BCUT2D eigenvalue weighted by Crippen LogP contribution is -2.39. The van der Waals surface area contributed by atoms with E-state index in [4.69, 9.17) is 4.52 Å². The molecule has 25 heavy (non-hydrogen) atoms. The fourth-order valence-corrected chi connectivity index (χ4v) is 3.52. The first-order valence-electron chi connectivity index (χ1n) is 9.31. The predicted molar refractivity (Wildman–Crippen MR) is 91.1 cm³/mol. The van der Waals surface area contributed by atoms with Crippen molar-refractivity contribution in [1.29, 1.82) is 0 Å². The highest BCUT2D eigenvalue weighted by molar-refractivity contribution is 5.76. The van der Waals surface area contributed by atoms with Gasteiger partial charge in [0.15, 0.2) is 5.82 Å². The number of carbonyl (C=O) groups is 1. The summed E-state index contributed by atoms with van der Waals surface area (Å²) in [6.07, 6.45) is 6.45. The van der Waals surface area contributed by atoms with Gasteiger partial charge in [-0.3, -0.25) is 9.89 Å². The van der Waals surface area contributed by atoms with Gasteiger partial charge in [-0.25, -0.2) is 0 Å². The number of hydrogen-bond acceptors (Lipinski definition) is 5. The van der Waals surface area contributed by atoms with E-state index in [9.17, 15) is 4.79 Å². The maximum atomic E-state index is 12.5. The smallest absolute Gasteiger partial charge is 0.226 e. The molecular formula is C18H25N5O2. The summed E-state index contributed by atoms with van der Waals surface area (Å²) in [5.41, 5.74) is 2.15. The Hall–Kier alpha value is -2.18. The lowest BCUT2D eigenvalue weighted by molar-refractivity contribution is -0.132. The standard InChI is InChI=1S/C18H25N5O2/c1-12-10-15(21-20-12)14-4-3-9-23(11-14)17(24)6-2-5-16-19-18(22-25-16)13-7-8-13/h10,13-14H,2-9,11H2,1H3,(H,20,21)/t14-/m0/s1. The largest absolute Gasteiger partial charge is 0.342 e. The highest BCUT2D eigenvalue weighted by Gasteiger charge is 2.29. The molecule has 7 nitrogen and oxygen atoms in total. The minimum absolute atomic E-state index is 0.221. The molecule has 3 heterocycles. The number of rotatable bonds is 6. The lowest BCUT2D eigenvalue weighted by Gasteiger charge is -2.32. The van der Waals surface area contributed by atoms with E-state index in [1.165, 1.54) is 12.8 Å². The Labute approximate surface area is 147 Å². The number of carbonyl (C=O) groups excluding carboxylic acids is 1. The zero-order chi connectivity index (χ0) is 17.2. The number of nitrogens with zero attached hydrogens (tertiary/aromatic N) is 4. The van der Waals surface area contributed by atoms with Crippen molar-refractivity contribution in [2.75, 3.05) is 13.1 Å². The Bertz CT molecular complexity index is 733. The number of hydrogen-bond donors (Lipinski definition) is 1. The first-order valence-corrected chi connectivity index (χ1v) is 9.31. The number of piperidine rings is 1. The number of amides is 1. The topological polar surface area (TPSA) is 87.9 Å². The molecule has 4 rings (SSSR count). The Morgan fingerprint density at radius 2 is 2.24 bits per heavy atom. The third-order valence-corrected chi connectivity index (χ3v) is 5.13. The fraction of sp³-hybridized carbons (Fsp3) is 0.667. The molecule has 1 aliphatic heterocycles. The molecule has 0 unspecified atom stereocenters. The quantitative estimate of drug-likeness (QED) is 0.871. The Balaban J connectivity index is 1.25. The number of likely N-dealkylation sites (tertiary alicyclic amines) is 1. The van der Waals surface area contributed by atoms with Crippen molar-refractivity contribution in [2.45, 2.75) is 63.7 Å². The van der Waals surface area contributed by atoms with Crippen molar-refractivity contribution in [3.63, 3.8) is 0 Å². The molecule has 0 spiro atoms. The summed E-state index contributed by atoms with van der Waals surface area (Å²) in [7, 11) is 0. The zero-order valence-electron chi connectivity index (χ0n) is 14.7. The Kier molecular flexibility index (Phi) is 4.55. The van der Waals surface area contributed by atoms with Crippen molar-refractivity contribution in [3.8, 4) is 0 Å². The maximum absolute atomic E-state index is 12.5. The molecule has 0 radical (unpaired) electrons. The molecule has 1 N–H and O–H groups in total. The second-order valence-electron chi connectivity index (χ2n) is 7.33. The molecule has 2 aromatic rings. The summed E-state index contributed by atoms with van der Waals surface area (Å²) in [4.78, 5) is 18.9.